The molecule has 1 fully saturated rings. The number of fused-ring (bicyclic) bond motifs is 2. The Hall–Kier alpha value is -3.69. The van der Waals surface area contributed by atoms with Crippen molar-refractivity contribution < 1.29 is 19.0 Å². The molecule has 1 aromatic heterocycles. The number of hydrogen-bond donors (Lipinski definition) is 1. The molecular formula is C26H28N4O5. The quantitative estimate of drug-likeness (QED) is 0.584. The maximum atomic E-state index is 13.2. The molecule has 0 bridgehead atoms. The zero-order valence-electron chi connectivity index (χ0n) is 19.9. The number of methoxy groups -OCH3 is 2. The molecule has 2 aromatic carbocycles. The third-order valence-corrected chi connectivity index (χ3v) is 6.37. The van der Waals surface area contributed by atoms with Crippen LogP contribution < -0.4 is 20.3 Å². The van der Waals surface area contributed by atoms with Crippen molar-refractivity contribution >= 4 is 34.1 Å². The van der Waals surface area contributed by atoms with E-state index in [0.717, 1.165) is 30.0 Å². The average molecular weight is 477 g/mol. The Balaban J connectivity index is 1.45. The molecule has 3 aromatic rings. The number of carbonyl (C=O) groups excluding carboxylic acids is 1. The average Bonchev–Trinajstić information content (AvgIpc) is 3.27. The van der Waals surface area contributed by atoms with Crippen molar-refractivity contribution in [2.75, 3.05) is 52.4 Å². The summed E-state index contributed by atoms with van der Waals surface area (Å²) < 4.78 is 17.9. The van der Waals surface area contributed by atoms with Crippen molar-refractivity contribution in [1.29, 1.82) is 0 Å². The lowest BCUT2D eigenvalue weighted by molar-refractivity contribution is -0.118. The molecule has 1 saturated heterocycles. The minimum atomic E-state index is -0.102. The number of carbonyl (C=O) groups is 1. The number of amides is 1. The van der Waals surface area contributed by atoms with Gasteiger partial charge in [-0.15, -0.1) is 0 Å². The number of aromatic nitrogens is 2. The van der Waals surface area contributed by atoms with Gasteiger partial charge in [0.05, 0.1) is 44.9 Å². The van der Waals surface area contributed by atoms with E-state index in [4.69, 9.17) is 19.2 Å². The molecule has 9 nitrogen and oxygen atoms in total. The maximum absolute atomic E-state index is 13.2. The summed E-state index contributed by atoms with van der Waals surface area (Å²) in [5.74, 6) is 1.96. The van der Waals surface area contributed by atoms with Crippen molar-refractivity contribution in [2.24, 2.45) is 0 Å². The third-order valence-electron chi connectivity index (χ3n) is 6.37. The molecule has 0 atom stereocenters. The van der Waals surface area contributed by atoms with E-state index in [0.29, 0.717) is 60.9 Å². The fraction of sp³-hybridized carbons (Fsp3) is 0.346. The van der Waals surface area contributed by atoms with Crippen LogP contribution in [0.15, 0.2) is 41.2 Å². The molecule has 2 aliphatic heterocycles. The molecule has 0 spiro atoms. The number of benzene rings is 2. The van der Waals surface area contributed by atoms with Crippen molar-refractivity contribution in [1.82, 2.24) is 14.5 Å². The number of morpholine rings is 1. The SMILES string of the molecule is COc1ccc(OC)c(C=C2CCn3c2nc2cc(NC(=O)CN4CCOCC4)ccc2c3=O)c1. The molecule has 1 amide bonds. The van der Waals surface area contributed by atoms with Gasteiger partial charge < -0.3 is 19.5 Å². The van der Waals surface area contributed by atoms with E-state index in [1.54, 1.807) is 37.0 Å². The normalized spacial score (nSPS) is 16.9. The molecule has 35 heavy (non-hydrogen) atoms. The lowest BCUT2D eigenvalue weighted by atomic mass is 10.1. The summed E-state index contributed by atoms with van der Waals surface area (Å²) in [6.07, 6.45) is 2.68. The lowest BCUT2D eigenvalue weighted by Crippen LogP contribution is -2.41. The highest BCUT2D eigenvalue weighted by molar-refractivity contribution is 5.95. The number of rotatable bonds is 6. The van der Waals surface area contributed by atoms with Crippen LogP contribution in [0.5, 0.6) is 11.5 Å². The van der Waals surface area contributed by atoms with Gasteiger partial charge >= 0.3 is 0 Å². The summed E-state index contributed by atoms with van der Waals surface area (Å²) in [5.41, 5.74) is 2.88. The van der Waals surface area contributed by atoms with Gasteiger partial charge in [-0.2, -0.15) is 0 Å². The van der Waals surface area contributed by atoms with E-state index in [1.165, 1.54) is 0 Å². The number of nitrogens with one attached hydrogen (secondary N) is 1. The number of allylic oxidation sites excluding steroid dienone is 1. The first-order valence-corrected chi connectivity index (χ1v) is 11.6. The predicted octanol–water partition coefficient (Wildman–Crippen LogP) is 2.63. The molecule has 0 radical (unpaired) electrons. The van der Waals surface area contributed by atoms with Gasteiger partial charge in [-0.1, -0.05) is 0 Å². The predicted molar refractivity (Wildman–Crippen MR) is 134 cm³/mol. The minimum Gasteiger partial charge on any atom is -0.497 e. The Morgan fingerprint density at radius 2 is 1.94 bits per heavy atom. The van der Waals surface area contributed by atoms with Crippen molar-refractivity contribution in [2.45, 2.75) is 13.0 Å². The van der Waals surface area contributed by atoms with Gasteiger partial charge in [0.1, 0.15) is 17.3 Å². The Kier molecular flexibility index (Phi) is 6.52. The molecule has 182 valence electrons. The molecule has 0 unspecified atom stereocenters. The number of anilines is 1. The fourth-order valence-electron chi connectivity index (χ4n) is 4.53. The second kappa shape index (κ2) is 9.89. The largest absolute Gasteiger partial charge is 0.497 e. The van der Waals surface area contributed by atoms with Crippen molar-refractivity contribution in [3.63, 3.8) is 0 Å². The van der Waals surface area contributed by atoms with Gasteiger partial charge in [-0.3, -0.25) is 19.1 Å². The first-order valence-electron chi connectivity index (χ1n) is 11.6. The first kappa shape index (κ1) is 23.1. The highest BCUT2D eigenvalue weighted by Crippen LogP contribution is 2.32. The van der Waals surface area contributed by atoms with Gasteiger partial charge in [0.2, 0.25) is 5.91 Å². The van der Waals surface area contributed by atoms with Crippen LogP contribution >= 0.6 is 0 Å². The summed E-state index contributed by atoms with van der Waals surface area (Å²) in [6.45, 7) is 3.62. The van der Waals surface area contributed by atoms with E-state index in [1.807, 2.05) is 24.3 Å². The van der Waals surface area contributed by atoms with E-state index in [2.05, 4.69) is 10.2 Å². The highest BCUT2D eigenvalue weighted by Gasteiger charge is 2.22. The van der Waals surface area contributed by atoms with Crippen LogP contribution in [0.2, 0.25) is 0 Å². The van der Waals surface area contributed by atoms with Crippen LogP contribution in [-0.2, 0) is 16.1 Å². The Morgan fingerprint density at radius 1 is 1.11 bits per heavy atom. The topological polar surface area (TPSA) is 94.9 Å². The Morgan fingerprint density at radius 3 is 2.71 bits per heavy atom. The summed E-state index contributed by atoms with van der Waals surface area (Å²) in [7, 11) is 3.24. The molecular weight excluding hydrogens is 448 g/mol. The second-order valence-electron chi connectivity index (χ2n) is 8.59. The van der Waals surface area contributed by atoms with Crippen LogP contribution in [0, 0.1) is 0 Å². The van der Waals surface area contributed by atoms with E-state index in [-0.39, 0.29) is 11.5 Å². The van der Waals surface area contributed by atoms with Gasteiger partial charge in [0.25, 0.3) is 5.56 Å². The smallest absolute Gasteiger partial charge is 0.261 e. The van der Waals surface area contributed by atoms with Gasteiger partial charge in [0.15, 0.2) is 0 Å². The summed E-state index contributed by atoms with van der Waals surface area (Å²) in [4.78, 5) is 32.6. The van der Waals surface area contributed by atoms with Crippen molar-refractivity contribution in [3.05, 3.63) is 58.1 Å². The number of nitrogens with zero attached hydrogens (tertiary/aromatic N) is 3. The zero-order valence-corrected chi connectivity index (χ0v) is 19.9. The van der Waals surface area contributed by atoms with E-state index < -0.39 is 0 Å². The third kappa shape index (κ3) is 4.78. The summed E-state index contributed by atoms with van der Waals surface area (Å²) >= 11 is 0. The lowest BCUT2D eigenvalue weighted by Gasteiger charge is -2.25. The highest BCUT2D eigenvalue weighted by atomic mass is 16.5. The molecule has 1 N–H and O–H groups in total. The number of ether oxygens (including phenoxy) is 3. The van der Waals surface area contributed by atoms with Crippen molar-refractivity contribution in [3.8, 4) is 11.5 Å². The molecule has 5 rings (SSSR count). The van der Waals surface area contributed by atoms with Crippen LogP contribution in [0.4, 0.5) is 5.69 Å². The molecule has 0 aliphatic carbocycles. The fourth-order valence-corrected chi connectivity index (χ4v) is 4.53. The Bertz CT molecular complexity index is 1360. The van der Waals surface area contributed by atoms with Gasteiger partial charge in [-0.05, 0) is 54.5 Å². The monoisotopic (exact) mass is 476 g/mol. The molecule has 3 heterocycles. The first-order chi connectivity index (χ1) is 17.1. The minimum absolute atomic E-state index is 0.0859. The van der Waals surface area contributed by atoms with E-state index in [9.17, 15) is 9.59 Å². The molecule has 0 saturated carbocycles. The second-order valence-corrected chi connectivity index (χ2v) is 8.59. The standard InChI is InChI=1S/C26H28N4O5/c1-33-20-4-6-23(34-2)18(14-20)13-17-7-8-30-25(17)28-22-15-19(3-5-21(22)26(30)32)27-24(31)16-29-9-11-35-12-10-29/h3-6,13-15H,7-12,16H2,1-2H3,(H,27,31). The van der Waals surface area contributed by atoms with Crippen LogP contribution in [0.1, 0.15) is 17.8 Å². The van der Waals surface area contributed by atoms with Gasteiger partial charge in [-0.25, -0.2) is 4.98 Å². The van der Waals surface area contributed by atoms with Gasteiger partial charge in [0, 0.05) is 30.9 Å². The van der Waals surface area contributed by atoms with Crippen LogP contribution in [-0.4, -0.2) is 67.4 Å². The molecule has 9 heteroatoms. The summed E-state index contributed by atoms with van der Waals surface area (Å²) in [5, 5.41) is 3.46. The molecule has 2 aliphatic rings. The zero-order chi connectivity index (χ0) is 24.4. The maximum Gasteiger partial charge on any atom is 0.261 e. The summed E-state index contributed by atoms with van der Waals surface area (Å²) in [6, 6.07) is 10.8. The number of hydrogen-bond acceptors (Lipinski definition) is 7. The van der Waals surface area contributed by atoms with E-state index >= 15 is 0 Å². The van der Waals surface area contributed by atoms with Crippen LogP contribution in [0.25, 0.3) is 22.6 Å². The van der Waals surface area contributed by atoms with Crippen LogP contribution in [0.3, 0.4) is 0 Å². The Labute approximate surface area is 202 Å².